The molecule has 12 fully saturated rings. The normalized spacial score (nSPS) is 39.9. The number of rotatable bonds is 16. The Morgan fingerprint density at radius 2 is 0.944 bits per heavy atom. The van der Waals surface area contributed by atoms with Gasteiger partial charge in [-0.1, -0.05) is 51.4 Å². The largest absolute Gasteiger partial charge is 0.743 e. The third-order valence-electron chi connectivity index (χ3n) is 21.3. The molecule has 0 spiro atoms. The van der Waals surface area contributed by atoms with E-state index in [4.69, 9.17) is 9.47 Å². The highest BCUT2D eigenvalue weighted by atomic mass is 32.2. The molecule has 0 saturated heterocycles. The van der Waals surface area contributed by atoms with Crippen molar-refractivity contribution in [2.24, 2.45) is 50.7 Å². The van der Waals surface area contributed by atoms with E-state index in [9.17, 15) is 82.3 Å². The summed E-state index contributed by atoms with van der Waals surface area (Å²) in [7, 11) is -12.4. The summed E-state index contributed by atoms with van der Waals surface area (Å²) >= 11 is 0. The van der Waals surface area contributed by atoms with Crippen molar-refractivity contribution in [3.05, 3.63) is 0 Å². The van der Waals surface area contributed by atoms with E-state index in [1.54, 1.807) is 0 Å². The highest BCUT2D eigenvalue weighted by Crippen LogP contribution is 2.78. The molecule has 14 nitrogen and oxygen atoms in total. The van der Waals surface area contributed by atoms with Crippen LogP contribution < -0.4 is 0 Å². The molecule has 12 saturated carbocycles. The highest BCUT2D eigenvalue weighted by Gasteiger charge is 2.76. The first kappa shape index (κ1) is 55.0. The molecule has 12 rings (SSSR count). The van der Waals surface area contributed by atoms with Crippen LogP contribution in [-0.2, 0) is 39.3 Å². The minimum absolute atomic E-state index is 0.104. The average Bonchev–Trinajstić information content (AvgIpc) is 4.13. The van der Waals surface area contributed by atoms with Crippen LogP contribution in [0.3, 0.4) is 0 Å². The fourth-order valence-electron chi connectivity index (χ4n) is 18.8. The van der Waals surface area contributed by atoms with Crippen molar-refractivity contribution in [2.75, 3.05) is 13.2 Å². The van der Waals surface area contributed by atoms with Gasteiger partial charge in [0.1, 0.15) is 0 Å². The number of alkyl halides is 6. The van der Waals surface area contributed by atoms with Gasteiger partial charge >= 0.3 is 22.4 Å². The van der Waals surface area contributed by atoms with Crippen LogP contribution >= 0.6 is 0 Å². The second kappa shape index (κ2) is 18.1. The molecule has 412 valence electrons. The number of hydrogen-bond acceptors (Lipinski definition) is 14. The lowest BCUT2D eigenvalue weighted by atomic mass is 9.34. The van der Waals surface area contributed by atoms with Gasteiger partial charge in [0, 0.05) is 34.5 Å². The zero-order chi connectivity index (χ0) is 52.5. The van der Waals surface area contributed by atoms with Crippen LogP contribution in [0.15, 0.2) is 0 Å². The molecule has 0 amide bonds. The van der Waals surface area contributed by atoms with Gasteiger partial charge in [-0.15, -0.1) is 0 Å². The highest BCUT2D eigenvalue weighted by molar-refractivity contribution is 7.87. The van der Waals surface area contributed by atoms with Crippen LogP contribution in [0.1, 0.15) is 186 Å². The van der Waals surface area contributed by atoms with Crippen LogP contribution in [0.25, 0.3) is 0 Å². The van der Waals surface area contributed by atoms with Crippen LogP contribution in [0, 0.1) is 50.7 Å². The lowest BCUT2D eigenvalue weighted by Crippen LogP contribution is -2.70. The molecule has 0 aromatic carbocycles. The second-order valence-corrected chi connectivity index (χ2v) is 28.1. The molecule has 0 aromatic heterocycles. The molecule has 0 heterocycles. The van der Waals surface area contributed by atoms with Crippen LogP contribution in [0.2, 0.25) is 0 Å². The van der Waals surface area contributed by atoms with E-state index in [1.165, 1.54) is 0 Å². The van der Waals surface area contributed by atoms with E-state index >= 15 is 0 Å². The van der Waals surface area contributed by atoms with E-state index in [2.05, 4.69) is 0 Å². The Morgan fingerprint density at radius 1 is 0.542 bits per heavy atom. The van der Waals surface area contributed by atoms with Crippen molar-refractivity contribution >= 4 is 32.2 Å². The van der Waals surface area contributed by atoms with Crippen molar-refractivity contribution in [2.45, 2.75) is 231 Å². The van der Waals surface area contributed by atoms with E-state index in [0.29, 0.717) is 96.3 Å². The van der Waals surface area contributed by atoms with Crippen LogP contribution in [0.5, 0.6) is 0 Å². The molecule has 22 heteroatoms. The number of ether oxygens (including phenoxy) is 2. The summed E-state index contributed by atoms with van der Waals surface area (Å²) < 4.78 is 157. The van der Waals surface area contributed by atoms with E-state index in [1.807, 2.05) is 0 Å². The van der Waals surface area contributed by atoms with Gasteiger partial charge in [-0.2, -0.15) is 17.6 Å². The molecule has 72 heavy (non-hydrogen) atoms. The summed E-state index contributed by atoms with van der Waals surface area (Å²) in [6.07, 6.45) is 10.3. The SMILES string of the molecule is O=C(OCCC(F)C(F)(F)S(=O)(=O)[O-])C12CC3CC(C4(O)CCCC4)(C1)CC(C1(O)CCCC1)(C3)C2.O=C(OCCC(F)C(F)(F)S(=O)(=O)[O-])C1C2CC3CC(C4(O)CCCC4)(C2)CC1(C1(O)CCCC1)C3. The predicted octanol–water partition coefficient (Wildman–Crippen LogP) is 7.78. The van der Waals surface area contributed by atoms with Gasteiger partial charge in [0.15, 0.2) is 32.6 Å². The van der Waals surface area contributed by atoms with Crippen molar-refractivity contribution in [1.29, 1.82) is 0 Å². The summed E-state index contributed by atoms with van der Waals surface area (Å²) in [4.78, 5) is 27.1. The summed E-state index contributed by atoms with van der Waals surface area (Å²) in [6.45, 7) is -1.58. The van der Waals surface area contributed by atoms with Crippen LogP contribution in [-0.4, -0.2) is 117 Å². The predicted molar refractivity (Wildman–Crippen MR) is 241 cm³/mol. The monoisotopic (exact) mass is 1070 g/mol. The number of hydrogen-bond donors (Lipinski definition) is 4. The average molecular weight is 1080 g/mol. The number of carbonyl (C=O) groups is 2. The van der Waals surface area contributed by atoms with E-state index in [-0.39, 0.29) is 23.2 Å². The minimum atomic E-state index is -6.19. The molecule has 12 aliphatic rings. The Balaban J connectivity index is 0.000000178. The first-order valence-electron chi connectivity index (χ1n) is 26.5. The lowest BCUT2D eigenvalue weighted by molar-refractivity contribution is -0.276. The molecule has 0 radical (unpaired) electrons. The summed E-state index contributed by atoms with van der Waals surface area (Å²) in [5.41, 5.74) is -7.09. The second-order valence-electron chi connectivity index (χ2n) is 25.2. The number of esters is 2. The Bertz CT molecular complexity index is 2270. The maximum absolute atomic E-state index is 13.9. The molecule has 0 aliphatic heterocycles. The van der Waals surface area contributed by atoms with Gasteiger partial charge in [0.05, 0.1) is 47.0 Å². The van der Waals surface area contributed by atoms with Gasteiger partial charge in [-0.25, -0.2) is 25.6 Å². The lowest BCUT2D eigenvalue weighted by Gasteiger charge is -2.71. The summed E-state index contributed by atoms with van der Waals surface area (Å²) in [5.74, 6) is -1.81. The van der Waals surface area contributed by atoms with Crippen LogP contribution in [0.4, 0.5) is 26.3 Å². The zero-order valence-corrected chi connectivity index (χ0v) is 42.5. The van der Waals surface area contributed by atoms with Gasteiger partial charge in [-0.3, -0.25) is 9.59 Å². The maximum Gasteiger partial charge on any atom is 0.364 e. The number of halogens is 6. The summed E-state index contributed by atoms with van der Waals surface area (Å²) in [5, 5.41) is 37.3. The number of aliphatic hydroxyl groups is 4. The smallest absolute Gasteiger partial charge is 0.364 e. The van der Waals surface area contributed by atoms with Gasteiger partial charge in [0.25, 0.3) is 0 Å². The molecule has 9 unspecified atom stereocenters. The van der Waals surface area contributed by atoms with Crippen molar-refractivity contribution in [3.8, 4) is 0 Å². The Morgan fingerprint density at radius 3 is 1.39 bits per heavy atom. The molecular weight excluding hydrogens is 1000 g/mol. The van der Waals surface area contributed by atoms with Crippen molar-refractivity contribution < 1.29 is 91.8 Å². The molecule has 8 bridgehead atoms. The molecule has 0 aromatic rings. The van der Waals surface area contributed by atoms with E-state index in [0.717, 1.165) is 77.0 Å². The maximum atomic E-state index is 13.9. The zero-order valence-electron chi connectivity index (χ0n) is 40.8. The Labute approximate surface area is 418 Å². The first-order valence-corrected chi connectivity index (χ1v) is 29.3. The molecule has 9 atom stereocenters. The molecular formula is C50H72F6O14S2-2. The first-order chi connectivity index (χ1) is 33.3. The molecule has 4 N–H and O–H groups in total. The van der Waals surface area contributed by atoms with E-state index < -0.39 is 131 Å². The third-order valence-corrected chi connectivity index (χ3v) is 23.2. The van der Waals surface area contributed by atoms with Gasteiger partial charge in [-0.05, 0) is 140 Å². The Kier molecular flexibility index (Phi) is 13.8. The summed E-state index contributed by atoms with van der Waals surface area (Å²) in [6, 6.07) is 0. The molecule has 12 aliphatic carbocycles. The fraction of sp³-hybridized carbons (Fsp3) is 0.960. The quantitative estimate of drug-likeness (QED) is 0.0655. The topological polar surface area (TPSA) is 248 Å². The van der Waals surface area contributed by atoms with Crippen molar-refractivity contribution in [1.82, 2.24) is 0 Å². The Hall–Kier alpha value is -1.82. The fourth-order valence-corrected chi connectivity index (χ4v) is 19.7. The third kappa shape index (κ3) is 8.51. The van der Waals surface area contributed by atoms with Gasteiger partial charge < -0.3 is 39.0 Å². The minimum Gasteiger partial charge on any atom is -0.743 e. The van der Waals surface area contributed by atoms with Gasteiger partial charge in [0.2, 0.25) is 0 Å². The number of carbonyl (C=O) groups excluding carboxylic acids is 2. The standard InChI is InChI=1S/2C25H37F3O7S/c26-18(25(27,28)36(32,33)34)5-10-35-19(29)20-11-17-12-21(14-20,23(30)6-1-2-7-23)16-22(13-17,15-20)24(31)8-3-4-9-24;26-18(25(27,28)36(32,33)34)5-10-35-20(29)19-17-11-16-12-21(14-17,23(30)6-1-2-7-23)15-22(19,13-16)24(31)8-3-4-9-24/h17-18,30-31H,1-16H2,(H,32,33,34);16-19,30-31H,1-15H2,(H,32,33,34)/p-2. The van der Waals surface area contributed by atoms with Crippen molar-refractivity contribution in [3.63, 3.8) is 0 Å².